The highest BCUT2D eigenvalue weighted by Gasteiger charge is 2.34. The third-order valence-electron chi connectivity index (χ3n) is 5.51. The number of halogens is 1. The fraction of sp³-hybridized carbons (Fsp3) is 0.391. The van der Waals surface area contributed by atoms with Crippen LogP contribution in [0.2, 0.25) is 5.02 Å². The van der Waals surface area contributed by atoms with Crippen molar-refractivity contribution in [1.29, 1.82) is 0 Å². The number of amides is 2. The summed E-state index contributed by atoms with van der Waals surface area (Å²) in [6.45, 7) is 2.54. The highest BCUT2D eigenvalue weighted by atomic mass is 35.5. The van der Waals surface area contributed by atoms with Crippen LogP contribution in [0.25, 0.3) is 0 Å². The van der Waals surface area contributed by atoms with E-state index in [4.69, 9.17) is 11.6 Å². The van der Waals surface area contributed by atoms with Gasteiger partial charge in [-0.1, -0.05) is 41.9 Å². The number of rotatable bonds is 8. The number of sulfonamides is 1. The Hall–Kier alpha value is -2.42. The number of benzene rings is 2. The van der Waals surface area contributed by atoms with Gasteiger partial charge >= 0.3 is 0 Å². The SMILES string of the molecule is C[C@H](NC(=O)C1CCCN(S(=O)(=O)c2ccccc2)C1)C(=O)NCCc1ccc(Cl)cc1. The molecular formula is C23H28ClN3O4S. The molecule has 2 atom stereocenters. The molecule has 0 aromatic heterocycles. The average molecular weight is 478 g/mol. The molecule has 9 heteroatoms. The summed E-state index contributed by atoms with van der Waals surface area (Å²) in [6, 6.07) is 14.9. The summed E-state index contributed by atoms with van der Waals surface area (Å²) in [5.74, 6) is -1.08. The molecule has 0 radical (unpaired) electrons. The molecule has 0 saturated carbocycles. The normalized spacial score (nSPS) is 18.0. The Morgan fingerprint density at radius 1 is 1.12 bits per heavy atom. The molecule has 2 N–H and O–H groups in total. The summed E-state index contributed by atoms with van der Waals surface area (Å²) in [4.78, 5) is 25.3. The molecule has 3 rings (SSSR count). The van der Waals surface area contributed by atoms with Gasteiger partial charge in [0.2, 0.25) is 21.8 Å². The molecule has 2 aromatic rings. The minimum absolute atomic E-state index is 0.105. The lowest BCUT2D eigenvalue weighted by molar-refractivity contribution is -0.131. The summed E-state index contributed by atoms with van der Waals surface area (Å²) in [7, 11) is -3.65. The number of hydrogen-bond donors (Lipinski definition) is 2. The second-order valence-corrected chi connectivity index (χ2v) is 10.3. The van der Waals surface area contributed by atoms with Gasteiger partial charge in [-0.05, 0) is 56.0 Å². The van der Waals surface area contributed by atoms with E-state index >= 15 is 0 Å². The number of hydrogen-bond acceptors (Lipinski definition) is 4. The summed E-state index contributed by atoms with van der Waals surface area (Å²) >= 11 is 5.87. The van der Waals surface area contributed by atoms with E-state index in [1.54, 1.807) is 49.4 Å². The van der Waals surface area contributed by atoms with Crippen LogP contribution in [0.15, 0.2) is 59.5 Å². The van der Waals surface area contributed by atoms with Crippen molar-refractivity contribution in [2.75, 3.05) is 19.6 Å². The van der Waals surface area contributed by atoms with Gasteiger partial charge in [0.25, 0.3) is 0 Å². The van der Waals surface area contributed by atoms with Crippen LogP contribution in [-0.4, -0.2) is 50.2 Å². The topological polar surface area (TPSA) is 95.6 Å². The van der Waals surface area contributed by atoms with E-state index in [1.807, 2.05) is 12.1 Å². The fourth-order valence-corrected chi connectivity index (χ4v) is 5.32. The number of nitrogens with zero attached hydrogens (tertiary/aromatic N) is 1. The zero-order chi connectivity index (χ0) is 23.1. The van der Waals surface area contributed by atoms with Gasteiger partial charge in [0.1, 0.15) is 6.04 Å². The molecule has 1 heterocycles. The molecule has 0 aliphatic carbocycles. The Labute approximate surface area is 194 Å². The maximum Gasteiger partial charge on any atom is 0.243 e. The van der Waals surface area contributed by atoms with Crippen LogP contribution in [0.5, 0.6) is 0 Å². The fourth-order valence-electron chi connectivity index (χ4n) is 3.65. The summed E-state index contributed by atoms with van der Waals surface area (Å²) in [5, 5.41) is 6.20. The Morgan fingerprint density at radius 2 is 1.81 bits per heavy atom. The number of carbonyl (C=O) groups excluding carboxylic acids is 2. The van der Waals surface area contributed by atoms with Crippen LogP contribution >= 0.6 is 11.6 Å². The first kappa shape index (κ1) is 24.2. The van der Waals surface area contributed by atoms with Crippen molar-refractivity contribution in [3.63, 3.8) is 0 Å². The molecule has 7 nitrogen and oxygen atoms in total. The monoisotopic (exact) mass is 477 g/mol. The van der Waals surface area contributed by atoms with E-state index in [0.717, 1.165) is 5.56 Å². The van der Waals surface area contributed by atoms with Gasteiger partial charge < -0.3 is 10.6 Å². The first-order chi connectivity index (χ1) is 15.3. The molecule has 0 spiro atoms. The molecule has 2 aromatic carbocycles. The van der Waals surface area contributed by atoms with Gasteiger partial charge in [-0.3, -0.25) is 9.59 Å². The number of carbonyl (C=O) groups is 2. The highest BCUT2D eigenvalue weighted by molar-refractivity contribution is 7.89. The molecule has 1 fully saturated rings. The van der Waals surface area contributed by atoms with Crippen molar-refractivity contribution < 1.29 is 18.0 Å². The lowest BCUT2D eigenvalue weighted by Gasteiger charge is -2.31. The standard InChI is InChI=1S/C23H28ClN3O4S/c1-17(22(28)25-14-13-18-9-11-20(24)12-10-18)26-23(29)19-6-5-15-27(16-19)32(30,31)21-7-3-2-4-8-21/h2-4,7-12,17,19H,5-6,13-16H2,1H3,(H,25,28)(H,26,29)/t17-,19?/m0/s1. The van der Waals surface area contributed by atoms with Gasteiger partial charge in [-0.25, -0.2) is 8.42 Å². The lowest BCUT2D eigenvalue weighted by atomic mass is 9.98. The Balaban J connectivity index is 1.49. The predicted molar refractivity (Wildman–Crippen MR) is 124 cm³/mol. The zero-order valence-corrected chi connectivity index (χ0v) is 19.5. The summed E-state index contributed by atoms with van der Waals surface area (Å²) < 4.78 is 27.1. The van der Waals surface area contributed by atoms with E-state index in [-0.39, 0.29) is 23.3 Å². The zero-order valence-electron chi connectivity index (χ0n) is 18.0. The maximum absolute atomic E-state index is 12.9. The molecule has 0 bridgehead atoms. The van der Waals surface area contributed by atoms with Crippen LogP contribution < -0.4 is 10.6 Å². The quantitative estimate of drug-likeness (QED) is 0.611. The molecular weight excluding hydrogens is 450 g/mol. The predicted octanol–water partition coefficient (Wildman–Crippen LogP) is 2.60. The lowest BCUT2D eigenvalue weighted by Crippen LogP contribution is -2.50. The molecule has 2 amide bonds. The van der Waals surface area contributed by atoms with Gasteiger partial charge in [-0.15, -0.1) is 0 Å². The molecule has 32 heavy (non-hydrogen) atoms. The van der Waals surface area contributed by atoms with Crippen LogP contribution in [0.1, 0.15) is 25.3 Å². The van der Waals surface area contributed by atoms with Crippen LogP contribution in [-0.2, 0) is 26.0 Å². The summed E-state index contributed by atoms with van der Waals surface area (Å²) in [6.07, 6.45) is 1.82. The first-order valence-corrected chi connectivity index (χ1v) is 12.5. The summed E-state index contributed by atoms with van der Waals surface area (Å²) in [5.41, 5.74) is 1.05. The van der Waals surface area contributed by atoms with Crippen LogP contribution in [0.4, 0.5) is 0 Å². The third-order valence-corrected chi connectivity index (χ3v) is 7.65. The minimum Gasteiger partial charge on any atom is -0.354 e. The van der Waals surface area contributed by atoms with Crippen molar-refractivity contribution in [3.05, 3.63) is 65.2 Å². The average Bonchev–Trinajstić information content (AvgIpc) is 2.81. The van der Waals surface area contributed by atoms with Crippen molar-refractivity contribution in [3.8, 4) is 0 Å². The number of nitrogens with one attached hydrogen (secondary N) is 2. The van der Waals surface area contributed by atoms with Crippen LogP contribution in [0.3, 0.4) is 0 Å². The number of piperidine rings is 1. The third kappa shape index (κ3) is 6.31. The Morgan fingerprint density at radius 3 is 2.50 bits per heavy atom. The Bertz CT molecular complexity index is 1030. The molecule has 1 aliphatic heterocycles. The molecule has 1 aliphatic rings. The van der Waals surface area contributed by atoms with Gasteiger partial charge in [0.15, 0.2) is 0 Å². The van der Waals surface area contributed by atoms with Gasteiger partial charge in [0, 0.05) is 24.7 Å². The first-order valence-electron chi connectivity index (χ1n) is 10.6. The minimum atomic E-state index is -3.65. The van der Waals surface area contributed by atoms with Crippen molar-refractivity contribution in [1.82, 2.24) is 14.9 Å². The van der Waals surface area contributed by atoms with Crippen LogP contribution in [0, 0.1) is 5.92 Å². The molecule has 172 valence electrons. The van der Waals surface area contributed by atoms with Gasteiger partial charge in [-0.2, -0.15) is 4.31 Å². The van der Waals surface area contributed by atoms with Crippen molar-refractivity contribution in [2.24, 2.45) is 5.92 Å². The van der Waals surface area contributed by atoms with E-state index in [0.29, 0.717) is 37.4 Å². The molecule has 1 unspecified atom stereocenters. The van der Waals surface area contributed by atoms with Crippen molar-refractivity contribution in [2.45, 2.75) is 37.1 Å². The van der Waals surface area contributed by atoms with E-state index < -0.39 is 22.0 Å². The largest absolute Gasteiger partial charge is 0.354 e. The van der Waals surface area contributed by atoms with Gasteiger partial charge in [0.05, 0.1) is 10.8 Å². The smallest absolute Gasteiger partial charge is 0.243 e. The van der Waals surface area contributed by atoms with E-state index in [1.165, 1.54) is 4.31 Å². The Kier molecular flexibility index (Phi) is 8.28. The highest BCUT2D eigenvalue weighted by Crippen LogP contribution is 2.24. The molecule has 1 saturated heterocycles. The van der Waals surface area contributed by atoms with E-state index in [2.05, 4.69) is 10.6 Å². The maximum atomic E-state index is 12.9. The second-order valence-electron chi connectivity index (χ2n) is 7.91. The second kappa shape index (κ2) is 10.9. The van der Waals surface area contributed by atoms with E-state index in [9.17, 15) is 18.0 Å². The van der Waals surface area contributed by atoms with Crippen molar-refractivity contribution >= 4 is 33.4 Å².